The molecule has 156 valence electrons. The highest BCUT2D eigenvalue weighted by Crippen LogP contribution is 2.33. The number of nitro benzene ring substituents is 1. The molecule has 1 heterocycles. The van der Waals surface area contributed by atoms with E-state index in [1.807, 2.05) is 0 Å². The number of hydrogen-bond acceptors (Lipinski definition) is 6. The maximum Gasteiger partial charge on any atom is 0.270 e. The van der Waals surface area contributed by atoms with E-state index in [1.54, 1.807) is 0 Å². The van der Waals surface area contributed by atoms with Crippen molar-refractivity contribution in [1.82, 2.24) is 4.31 Å². The molecule has 0 amide bonds. The Hall–Kier alpha value is -2.37. The van der Waals surface area contributed by atoms with E-state index in [1.165, 1.54) is 37.3 Å². The van der Waals surface area contributed by atoms with E-state index >= 15 is 0 Å². The van der Waals surface area contributed by atoms with Gasteiger partial charge in [0.2, 0.25) is 10.0 Å². The molecule has 2 aromatic carbocycles. The zero-order valence-electron chi connectivity index (χ0n) is 15.5. The third-order valence-corrected chi connectivity index (χ3v) is 9.10. The van der Waals surface area contributed by atoms with Crippen LogP contribution in [0, 0.1) is 22.9 Å². The summed E-state index contributed by atoms with van der Waals surface area (Å²) in [5.74, 6) is -1.13. The number of nitro groups is 1. The number of hydrogen-bond donors (Lipinski definition) is 0. The molecular formula is C18H19FN2O6S2. The number of non-ortho nitro benzene ring substituents is 1. The molecule has 0 bridgehead atoms. The van der Waals surface area contributed by atoms with Gasteiger partial charge in [0.1, 0.15) is 5.82 Å². The number of benzene rings is 2. The summed E-state index contributed by atoms with van der Waals surface area (Å²) in [6, 6.07) is 9.03. The van der Waals surface area contributed by atoms with Gasteiger partial charge in [-0.1, -0.05) is 24.3 Å². The summed E-state index contributed by atoms with van der Waals surface area (Å²) in [6.07, 6.45) is -0.115. The maximum atomic E-state index is 14.2. The molecule has 3 rings (SSSR count). The molecule has 1 aliphatic rings. The van der Waals surface area contributed by atoms with Crippen molar-refractivity contribution in [2.75, 3.05) is 18.8 Å². The van der Waals surface area contributed by atoms with Crippen LogP contribution in [-0.4, -0.2) is 44.9 Å². The predicted molar refractivity (Wildman–Crippen MR) is 104 cm³/mol. The number of aryl methyl sites for hydroxylation is 1. The first kappa shape index (κ1) is 21.3. The van der Waals surface area contributed by atoms with E-state index in [-0.39, 0.29) is 35.7 Å². The zero-order valence-corrected chi connectivity index (χ0v) is 17.1. The summed E-state index contributed by atoms with van der Waals surface area (Å²) in [7, 11) is -7.96. The minimum Gasteiger partial charge on any atom is -0.258 e. The first-order chi connectivity index (χ1) is 13.5. The Balaban J connectivity index is 1.97. The molecule has 1 saturated heterocycles. The van der Waals surface area contributed by atoms with Crippen LogP contribution in [0.1, 0.15) is 22.8 Å². The van der Waals surface area contributed by atoms with Crippen LogP contribution in [0.5, 0.6) is 0 Å². The molecule has 0 aromatic heterocycles. The first-order valence-electron chi connectivity index (χ1n) is 8.75. The Morgan fingerprint density at radius 3 is 2.52 bits per heavy atom. The molecule has 1 atom stereocenters. The molecule has 0 radical (unpaired) electrons. The summed E-state index contributed by atoms with van der Waals surface area (Å²) >= 11 is 0. The van der Waals surface area contributed by atoms with E-state index < -0.39 is 41.6 Å². The van der Waals surface area contributed by atoms with E-state index in [9.17, 15) is 31.3 Å². The Kier molecular flexibility index (Phi) is 5.74. The highest BCUT2D eigenvalue weighted by molar-refractivity contribution is 7.92. The van der Waals surface area contributed by atoms with Crippen LogP contribution in [0.2, 0.25) is 0 Å². The summed E-state index contributed by atoms with van der Waals surface area (Å²) in [6.45, 7) is 1.05. The number of sulfonamides is 1. The quantitative estimate of drug-likeness (QED) is 0.531. The summed E-state index contributed by atoms with van der Waals surface area (Å²) in [5, 5.41) is 9.86. The van der Waals surface area contributed by atoms with Gasteiger partial charge in [-0.05, 0) is 25.0 Å². The number of sulfone groups is 1. The average molecular weight is 442 g/mol. The van der Waals surface area contributed by atoms with Crippen molar-refractivity contribution in [3.8, 4) is 0 Å². The fraction of sp³-hybridized carbons (Fsp3) is 0.333. The molecule has 29 heavy (non-hydrogen) atoms. The van der Waals surface area contributed by atoms with Crippen molar-refractivity contribution in [1.29, 1.82) is 0 Å². The second-order valence-corrected chi connectivity index (χ2v) is 11.0. The molecule has 11 heteroatoms. The van der Waals surface area contributed by atoms with Crippen LogP contribution < -0.4 is 0 Å². The number of nitrogens with zero attached hydrogens (tertiary/aromatic N) is 2. The third kappa shape index (κ3) is 4.16. The van der Waals surface area contributed by atoms with E-state index in [2.05, 4.69) is 0 Å². The highest BCUT2D eigenvalue weighted by Gasteiger charge is 2.37. The molecule has 0 saturated carbocycles. The van der Waals surface area contributed by atoms with Gasteiger partial charge in [0.05, 0.1) is 20.8 Å². The molecule has 8 nitrogen and oxygen atoms in total. The highest BCUT2D eigenvalue weighted by atomic mass is 32.2. The lowest BCUT2D eigenvalue weighted by Gasteiger charge is -2.20. The monoisotopic (exact) mass is 442 g/mol. The predicted octanol–water partition coefficient (Wildman–Crippen LogP) is 2.59. The minimum absolute atomic E-state index is 0.0123. The number of rotatable bonds is 4. The minimum atomic E-state index is -4.17. The average Bonchev–Trinajstić information content (AvgIpc) is 2.80. The molecule has 0 aliphatic carbocycles. The zero-order chi connectivity index (χ0) is 21.4. The second-order valence-electron chi connectivity index (χ2n) is 6.78. The maximum absolute atomic E-state index is 14.2. The lowest BCUT2D eigenvalue weighted by atomic mass is 10.1. The van der Waals surface area contributed by atoms with Gasteiger partial charge in [-0.2, -0.15) is 4.31 Å². The lowest BCUT2D eigenvalue weighted by molar-refractivity contribution is -0.385. The van der Waals surface area contributed by atoms with Crippen molar-refractivity contribution in [2.24, 2.45) is 0 Å². The summed E-state index contributed by atoms with van der Waals surface area (Å²) < 4.78 is 66.7. The van der Waals surface area contributed by atoms with Crippen LogP contribution in [0.15, 0.2) is 47.4 Å². The molecule has 1 aliphatic heterocycles. The van der Waals surface area contributed by atoms with Gasteiger partial charge < -0.3 is 0 Å². The van der Waals surface area contributed by atoms with Crippen molar-refractivity contribution >= 4 is 25.5 Å². The molecule has 0 N–H and O–H groups in total. The van der Waals surface area contributed by atoms with Gasteiger partial charge in [0, 0.05) is 30.8 Å². The Bertz CT molecular complexity index is 1160. The Morgan fingerprint density at radius 1 is 1.17 bits per heavy atom. The van der Waals surface area contributed by atoms with Crippen LogP contribution >= 0.6 is 0 Å². The summed E-state index contributed by atoms with van der Waals surface area (Å²) in [4.78, 5) is 10.1. The van der Waals surface area contributed by atoms with Crippen molar-refractivity contribution in [2.45, 2.75) is 23.5 Å². The second kappa shape index (κ2) is 7.81. The molecule has 1 fully saturated rings. The number of halogens is 1. The molecule has 1 unspecified atom stereocenters. The summed E-state index contributed by atoms with van der Waals surface area (Å²) in [5.41, 5.74) is -0.0486. The van der Waals surface area contributed by atoms with Crippen molar-refractivity contribution in [3.63, 3.8) is 0 Å². The van der Waals surface area contributed by atoms with Crippen molar-refractivity contribution in [3.05, 3.63) is 69.5 Å². The molecule has 0 spiro atoms. The fourth-order valence-corrected chi connectivity index (χ4v) is 6.99. The van der Waals surface area contributed by atoms with Crippen LogP contribution in [0.3, 0.4) is 0 Å². The van der Waals surface area contributed by atoms with Gasteiger partial charge in [0.15, 0.2) is 9.84 Å². The van der Waals surface area contributed by atoms with Crippen LogP contribution in [-0.2, 0) is 19.9 Å². The third-order valence-electron chi connectivity index (χ3n) is 4.95. The van der Waals surface area contributed by atoms with Gasteiger partial charge >= 0.3 is 0 Å². The van der Waals surface area contributed by atoms with Crippen molar-refractivity contribution < 1.29 is 26.1 Å². The molecule has 2 aromatic rings. The van der Waals surface area contributed by atoms with E-state index in [0.717, 1.165) is 16.4 Å². The lowest BCUT2D eigenvalue weighted by Crippen LogP contribution is -2.34. The topological polar surface area (TPSA) is 115 Å². The molecular weight excluding hydrogens is 423 g/mol. The van der Waals surface area contributed by atoms with Gasteiger partial charge in [-0.15, -0.1) is 0 Å². The first-order valence-corrected chi connectivity index (χ1v) is 11.9. The van der Waals surface area contributed by atoms with Crippen LogP contribution in [0.4, 0.5) is 10.1 Å². The standard InChI is InChI=1S/C18H19FN2O6S2/c1-13-6-7-14(21(22)23)12-18(13)29(26,27)20-9-8-17(28(24,25)11-10-20)15-4-2-3-5-16(15)19/h2-7,12,17H,8-11H2,1H3. The smallest absolute Gasteiger partial charge is 0.258 e. The fourth-order valence-electron chi connectivity index (χ4n) is 3.37. The van der Waals surface area contributed by atoms with E-state index in [0.29, 0.717) is 5.56 Å². The van der Waals surface area contributed by atoms with Gasteiger partial charge in [0.25, 0.3) is 5.69 Å². The van der Waals surface area contributed by atoms with Crippen LogP contribution in [0.25, 0.3) is 0 Å². The van der Waals surface area contributed by atoms with Gasteiger partial charge in [-0.25, -0.2) is 21.2 Å². The Morgan fingerprint density at radius 2 is 1.86 bits per heavy atom. The van der Waals surface area contributed by atoms with E-state index in [4.69, 9.17) is 0 Å². The normalized spacial score (nSPS) is 20.1. The largest absolute Gasteiger partial charge is 0.270 e. The SMILES string of the molecule is Cc1ccc([N+](=O)[O-])cc1S(=O)(=O)N1CCC(c2ccccc2F)S(=O)(=O)CC1. The Labute approximate surface area is 168 Å². The van der Waals surface area contributed by atoms with Gasteiger partial charge in [-0.3, -0.25) is 10.1 Å².